The number of likely N-dealkylation sites (tertiary alicyclic amines) is 1. The van der Waals surface area contributed by atoms with Crippen molar-refractivity contribution >= 4 is 34.6 Å². The fourth-order valence-corrected chi connectivity index (χ4v) is 4.60. The quantitative estimate of drug-likeness (QED) is 0.546. The number of nitrogens with one attached hydrogen (secondary N) is 2. The van der Waals surface area contributed by atoms with E-state index in [0.29, 0.717) is 23.8 Å². The summed E-state index contributed by atoms with van der Waals surface area (Å²) in [7, 11) is 1.59. The van der Waals surface area contributed by atoms with Gasteiger partial charge in [-0.3, -0.25) is 4.79 Å². The molecule has 1 saturated heterocycles. The van der Waals surface area contributed by atoms with Crippen molar-refractivity contribution in [3.8, 4) is 5.75 Å². The van der Waals surface area contributed by atoms with Gasteiger partial charge in [0.1, 0.15) is 10.8 Å². The number of piperidine rings is 1. The molecule has 3 amide bonds. The smallest absolute Gasteiger partial charge is 0.321 e. The third kappa shape index (κ3) is 5.67. The number of nitrogens with zero attached hydrogens (tertiary/aromatic N) is 3. The second-order valence-electron chi connectivity index (χ2n) is 7.89. The van der Waals surface area contributed by atoms with Crippen molar-refractivity contribution in [3.05, 3.63) is 64.1 Å². The maximum absolute atomic E-state index is 12.8. The molecule has 1 aliphatic rings. The van der Waals surface area contributed by atoms with Crippen LogP contribution >= 0.6 is 11.3 Å². The van der Waals surface area contributed by atoms with E-state index >= 15 is 0 Å². The lowest BCUT2D eigenvalue weighted by molar-refractivity contribution is 0.102. The monoisotopic (exact) mass is 465 g/mol. The predicted octanol–water partition coefficient (Wildman–Crippen LogP) is 4.77. The van der Waals surface area contributed by atoms with E-state index in [-0.39, 0.29) is 17.9 Å². The van der Waals surface area contributed by atoms with Gasteiger partial charge in [-0.25, -0.2) is 4.79 Å². The first kappa shape index (κ1) is 22.7. The maximum Gasteiger partial charge on any atom is 0.321 e. The molecule has 1 aromatic heterocycles. The van der Waals surface area contributed by atoms with Gasteiger partial charge in [0.15, 0.2) is 0 Å². The Kier molecular flexibility index (Phi) is 7.19. The van der Waals surface area contributed by atoms with Crippen LogP contribution in [0.15, 0.2) is 48.5 Å². The number of aromatic nitrogens is 2. The Morgan fingerprint density at radius 3 is 2.45 bits per heavy atom. The minimum absolute atomic E-state index is 0.0620. The number of hydrogen-bond donors (Lipinski definition) is 2. The molecule has 0 saturated carbocycles. The number of aryl methyl sites for hydroxylation is 1. The Morgan fingerprint density at radius 2 is 1.76 bits per heavy atom. The summed E-state index contributed by atoms with van der Waals surface area (Å²) in [5, 5.41) is 15.2. The predicted molar refractivity (Wildman–Crippen MR) is 129 cm³/mol. The van der Waals surface area contributed by atoms with Crippen LogP contribution in [0.25, 0.3) is 0 Å². The van der Waals surface area contributed by atoms with Crippen molar-refractivity contribution in [2.24, 2.45) is 0 Å². The summed E-state index contributed by atoms with van der Waals surface area (Å²) >= 11 is 1.28. The summed E-state index contributed by atoms with van der Waals surface area (Å²) < 4.78 is 5.13. The van der Waals surface area contributed by atoms with E-state index in [1.54, 1.807) is 36.3 Å². The van der Waals surface area contributed by atoms with Gasteiger partial charge in [-0.05, 0) is 61.2 Å². The second kappa shape index (κ2) is 10.4. The zero-order valence-electron chi connectivity index (χ0n) is 18.7. The molecule has 2 aromatic carbocycles. The molecular formula is C24H27N5O3S. The first-order valence-corrected chi connectivity index (χ1v) is 11.8. The van der Waals surface area contributed by atoms with Gasteiger partial charge in [-0.2, -0.15) is 0 Å². The molecule has 3 aromatic rings. The number of benzene rings is 2. The lowest BCUT2D eigenvalue weighted by Crippen LogP contribution is -2.41. The Hall–Kier alpha value is -3.46. The molecule has 33 heavy (non-hydrogen) atoms. The molecule has 0 bridgehead atoms. The fraction of sp³-hybridized carbons (Fsp3) is 0.333. The van der Waals surface area contributed by atoms with Gasteiger partial charge in [0, 0.05) is 30.4 Å². The molecule has 0 radical (unpaired) electrons. The Morgan fingerprint density at radius 1 is 1.06 bits per heavy atom. The molecule has 2 N–H and O–H groups in total. The normalized spacial score (nSPS) is 15.7. The van der Waals surface area contributed by atoms with Gasteiger partial charge in [0.25, 0.3) is 5.91 Å². The molecule has 172 valence electrons. The van der Waals surface area contributed by atoms with Crippen LogP contribution < -0.4 is 15.4 Å². The number of urea groups is 1. The first-order valence-electron chi connectivity index (χ1n) is 11.0. The van der Waals surface area contributed by atoms with Crippen LogP contribution in [0, 0.1) is 0 Å². The van der Waals surface area contributed by atoms with Gasteiger partial charge >= 0.3 is 6.03 Å². The summed E-state index contributed by atoms with van der Waals surface area (Å²) in [4.78, 5) is 27.2. The van der Waals surface area contributed by atoms with Gasteiger partial charge in [-0.1, -0.05) is 30.4 Å². The molecular weight excluding hydrogens is 438 g/mol. The molecule has 4 rings (SSSR count). The Labute approximate surface area is 197 Å². The van der Waals surface area contributed by atoms with E-state index in [1.165, 1.54) is 16.9 Å². The van der Waals surface area contributed by atoms with E-state index in [9.17, 15) is 9.59 Å². The van der Waals surface area contributed by atoms with Crippen molar-refractivity contribution in [2.75, 3.05) is 30.8 Å². The molecule has 9 heteroatoms. The fourth-order valence-electron chi connectivity index (χ4n) is 3.74. The molecule has 8 nitrogen and oxygen atoms in total. The standard InChI is InChI=1S/C24H27N5O3S/c1-3-16-6-8-19(9-7-16)26-24(31)29-14-4-5-17(15-29)22-27-28-23(33-22)21(30)25-18-10-12-20(32-2)13-11-18/h6-13,17H,3-5,14-15H2,1-2H3,(H,25,30)(H,26,31)/t17-/m1/s1. The van der Waals surface area contributed by atoms with E-state index in [4.69, 9.17) is 4.74 Å². The molecule has 2 heterocycles. The SMILES string of the molecule is CCc1ccc(NC(=O)N2CCC[C@@H](c3nnc(C(=O)Nc4ccc(OC)cc4)s3)C2)cc1. The van der Waals surface area contributed by atoms with E-state index in [2.05, 4.69) is 27.8 Å². The zero-order valence-corrected chi connectivity index (χ0v) is 19.5. The van der Waals surface area contributed by atoms with Crippen LogP contribution in [0.4, 0.5) is 16.2 Å². The van der Waals surface area contributed by atoms with Gasteiger partial charge in [0.05, 0.1) is 7.11 Å². The molecule has 0 aliphatic carbocycles. The van der Waals surface area contributed by atoms with Crippen LogP contribution in [0.2, 0.25) is 0 Å². The first-order chi connectivity index (χ1) is 16.1. The Balaban J connectivity index is 1.35. The molecule has 0 unspecified atom stereocenters. The minimum Gasteiger partial charge on any atom is -0.497 e. The number of anilines is 2. The van der Waals surface area contributed by atoms with Crippen LogP contribution in [0.5, 0.6) is 5.75 Å². The minimum atomic E-state index is -0.301. The third-order valence-corrected chi connectivity index (χ3v) is 6.74. The third-order valence-electron chi connectivity index (χ3n) is 5.65. The molecule has 1 atom stereocenters. The lowest BCUT2D eigenvalue weighted by atomic mass is 9.99. The van der Waals surface area contributed by atoms with E-state index < -0.39 is 0 Å². The van der Waals surface area contributed by atoms with Gasteiger partial charge < -0.3 is 20.3 Å². The van der Waals surface area contributed by atoms with Crippen LogP contribution in [-0.4, -0.2) is 47.2 Å². The summed E-state index contributed by atoms with van der Waals surface area (Å²) in [5.74, 6) is 0.479. The highest BCUT2D eigenvalue weighted by Gasteiger charge is 2.28. The van der Waals surface area contributed by atoms with Crippen molar-refractivity contribution in [2.45, 2.75) is 32.1 Å². The lowest BCUT2D eigenvalue weighted by Gasteiger charge is -2.31. The van der Waals surface area contributed by atoms with Crippen molar-refractivity contribution < 1.29 is 14.3 Å². The van der Waals surface area contributed by atoms with Crippen molar-refractivity contribution in [3.63, 3.8) is 0 Å². The van der Waals surface area contributed by atoms with Crippen molar-refractivity contribution in [1.82, 2.24) is 15.1 Å². The number of carbonyl (C=O) groups excluding carboxylic acids is 2. The highest BCUT2D eigenvalue weighted by Crippen LogP contribution is 2.30. The van der Waals surface area contributed by atoms with Crippen molar-refractivity contribution in [1.29, 1.82) is 0 Å². The van der Waals surface area contributed by atoms with Gasteiger partial charge in [0.2, 0.25) is 5.01 Å². The largest absolute Gasteiger partial charge is 0.497 e. The van der Waals surface area contributed by atoms with Crippen LogP contribution in [0.3, 0.4) is 0 Å². The highest BCUT2D eigenvalue weighted by molar-refractivity contribution is 7.13. The number of carbonyl (C=O) groups is 2. The second-order valence-corrected chi connectivity index (χ2v) is 8.90. The highest BCUT2D eigenvalue weighted by atomic mass is 32.1. The Bertz CT molecular complexity index is 1100. The molecule has 1 fully saturated rings. The van der Waals surface area contributed by atoms with Crippen LogP contribution in [0.1, 0.15) is 46.1 Å². The number of methoxy groups -OCH3 is 1. The maximum atomic E-state index is 12.8. The summed E-state index contributed by atoms with van der Waals surface area (Å²) in [5.41, 5.74) is 2.67. The average Bonchev–Trinajstić information content (AvgIpc) is 3.36. The number of ether oxygens (including phenoxy) is 1. The average molecular weight is 466 g/mol. The molecule has 1 aliphatic heterocycles. The zero-order chi connectivity index (χ0) is 23.2. The summed E-state index contributed by atoms with van der Waals surface area (Å²) in [6.45, 7) is 3.34. The molecule has 0 spiro atoms. The summed E-state index contributed by atoms with van der Waals surface area (Å²) in [6, 6.07) is 14.9. The summed E-state index contributed by atoms with van der Waals surface area (Å²) in [6.07, 6.45) is 2.74. The van der Waals surface area contributed by atoms with Crippen LogP contribution in [-0.2, 0) is 6.42 Å². The van der Waals surface area contributed by atoms with E-state index in [1.807, 2.05) is 24.3 Å². The number of rotatable bonds is 6. The number of amides is 3. The van der Waals surface area contributed by atoms with E-state index in [0.717, 1.165) is 35.7 Å². The van der Waals surface area contributed by atoms with Gasteiger partial charge in [-0.15, -0.1) is 10.2 Å². The topological polar surface area (TPSA) is 96.5 Å². The number of hydrogen-bond acceptors (Lipinski definition) is 6.